The zero-order valence-electron chi connectivity index (χ0n) is 9.17. The predicted molar refractivity (Wildman–Crippen MR) is 55.2 cm³/mol. The van der Waals surface area contributed by atoms with Gasteiger partial charge in [0.05, 0.1) is 12.9 Å². The van der Waals surface area contributed by atoms with E-state index in [1.807, 2.05) is 13.8 Å². The molecule has 2 atom stereocenters. The van der Waals surface area contributed by atoms with Gasteiger partial charge in [-0.2, -0.15) is 4.89 Å². The minimum absolute atomic E-state index is 0.193. The summed E-state index contributed by atoms with van der Waals surface area (Å²) in [5.74, 6) is -1.59. The second-order valence-electron chi connectivity index (χ2n) is 3.73. The van der Waals surface area contributed by atoms with Gasteiger partial charge >= 0.3 is 5.97 Å². The highest BCUT2D eigenvalue weighted by Crippen LogP contribution is 2.45. The van der Waals surface area contributed by atoms with E-state index in [2.05, 4.69) is 9.78 Å². The van der Waals surface area contributed by atoms with E-state index in [0.717, 1.165) is 7.11 Å². The van der Waals surface area contributed by atoms with E-state index < -0.39 is 25.3 Å². The maximum absolute atomic E-state index is 11.6. The van der Waals surface area contributed by atoms with Crippen LogP contribution in [0.5, 0.6) is 0 Å². The van der Waals surface area contributed by atoms with Crippen LogP contribution in [0.3, 0.4) is 0 Å². The van der Waals surface area contributed by atoms with Crippen LogP contribution in [0.4, 0.5) is 0 Å². The molecule has 0 radical (unpaired) electrons. The Kier molecular flexibility index (Phi) is 6.05. The van der Waals surface area contributed by atoms with Crippen molar-refractivity contribution in [1.82, 2.24) is 0 Å². The molecule has 0 aliphatic rings. The summed E-state index contributed by atoms with van der Waals surface area (Å²) in [6, 6.07) is 0. The summed E-state index contributed by atoms with van der Waals surface area (Å²) >= 11 is 0. The van der Waals surface area contributed by atoms with Crippen LogP contribution in [0.25, 0.3) is 0 Å². The average molecular weight is 239 g/mol. The van der Waals surface area contributed by atoms with E-state index in [0.29, 0.717) is 6.42 Å². The molecule has 0 heterocycles. The molecule has 0 aromatic heterocycles. The maximum Gasteiger partial charge on any atom is 0.351 e. The quantitative estimate of drug-likeness (QED) is 0.402. The molecule has 0 amide bonds. The summed E-state index contributed by atoms with van der Waals surface area (Å²) in [4.78, 5) is 28.6. The van der Waals surface area contributed by atoms with Crippen molar-refractivity contribution >= 4 is 13.3 Å². The molecule has 7 heteroatoms. The van der Waals surface area contributed by atoms with E-state index in [1.54, 1.807) is 0 Å². The van der Waals surface area contributed by atoms with Crippen molar-refractivity contribution in [2.24, 2.45) is 11.7 Å². The minimum Gasteiger partial charge on any atom is -0.343 e. The van der Waals surface area contributed by atoms with E-state index in [4.69, 9.17) is 5.73 Å². The standard InChI is InChI=1S/C8H18NO5P/c1-6(2)4-7(9)15(11,12)5-8(10)14-13-3/h6-7H,4-5,9H2,1-3H3,(H,11,12)/t7-/m1/s1. The van der Waals surface area contributed by atoms with Crippen molar-refractivity contribution in [2.45, 2.75) is 26.1 Å². The molecular formula is C8H18NO5P. The third-order valence-electron chi connectivity index (χ3n) is 1.76. The predicted octanol–water partition coefficient (Wildman–Crippen LogP) is 0.692. The lowest BCUT2D eigenvalue weighted by molar-refractivity contribution is -0.252. The van der Waals surface area contributed by atoms with Gasteiger partial charge in [-0.25, -0.2) is 4.79 Å². The Bertz CT molecular complexity index is 255. The third-order valence-corrected chi connectivity index (χ3v) is 3.72. The molecule has 0 rings (SSSR count). The minimum atomic E-state index is -3.70. The molecule has 0 bridgehead atoms. The van der Waals surface area contributed by atoms with Crippen molar-refractivity contribution in [3.05, 3.63) is 0 Å². The summed E-state index contributed by atoms with van der Waals surface area (Å²) < 4.78 is 11.6. The molecule has 0 spiro atoms. The monoisotopic (exact) mass is 239 g/mol. The number of hydrogen-bond acceptors (Lipinski definition) is 5. The highest BCUT2D eigenvalue weighted by Gasteiger charge is 2.32. The van der Waals surface area contributed by atoms with Gasteiger partial charge < -0.3 is 10.6 Å². The maximum atomic E-state index is 11.6. The number of carbonyl (C=O) groups excluding carboxylic acids is 1. The van der Waals surface area contributed by atoms with Crippen LogP contribution in [-0.4, -0.2) is 29.9 Å². The van der Waals surface area contributed by atoms with Crippen molar-refractivity contribution in [1.29, 1.82) is 0 Å². The van der Waals surface area contributed by atoms with Crippen LogP contribution in [0, 0.1) is 5.92 Å². The zero-order valence-corrected chi connectivity index (χ0v) is 10.1. The topological polar surface area (TPSA) is 98.8 Å². The van der Waals surface area contributed by atoms with Gasteiger partial charge in [-0.3, -0.25) is 9.45 Å². The molecule has 1 unspecified atom stereocenters. The first-order valence-electron chi connectivity index (χ1n) is 4.60. The number of rotatable bonds is 6. The fraction of sp³-hybridized carbons (Fsp3) is 0.875. The largest absolute Gasteiger partial charge is 0.351 e. The molecule has 0 saturated heterocycles. The first kappa shape index (κ1) is 14.6. The first-order chi connectivity index (χ1) is 6.79. The van der Waals surface area contributed by atoms with Gasteiger partial charge in [0.25, 0.3) is 0 Å². The molecule has 15 heavy (non-hydrogen) atoms. The Morgan fingerprint density at radius 1 is 1.53 bits per heavy atom. The van der Waals surface area contributed by atoms with E-state index in [9.17, 15) is 14.3 Å². The Morgan fingerprint density at radius 2 is 2.07 bits per heavy atom. The molecule has 0 fully saturated rings. The van der Waals surface area contributed by atoms with Crippen LogP contribution in [0.15, 0.2) is 0 Å². The fourth-order valence-corrected chi connectivity index (χ4v) is 2.48. The van der Waals surface area contributed by atoms with Crippen molar-refractivity contribution in [3.63, 3.8) is 0 Å². The molecule has 90 valence electrons. The lowest BCUT2D eigenvalue weighted by Crippen LogP contribution is -2.26. The Hall–Kier alpha value is -0.420. The van der Waals surface area contributed by atoms with Gasteiger partial charge in [0, 0.05) is 0 Å². The van der Waals surface area contributed by atoms with Gasteiger partial charge in [0.1, 0.15) is 6.16 Å². The fourth-order valence-electron chi connectivity index (χ4n) is 1.07. The molecule has 0 aliphatic heterocycles. The van der Waals surface area contributed by atoms with Gasteiger partial charge in [0.2, 0.25) is 7.37 Å². The summed E-state index contributed by atoms with van der Waals surface area (Å²) in [6.07, 6.45) is -0.233. The lowest BCUT2D eigenvalue weighted by Gasteiger charge is -2.19. The molecule has 3 N–H and O–H groups in total. The van der Waals surface area contributed by atoms with Crippen LogP contribution < -0.4 is 5.73 Å². The summed E-state index contributed by atoms with van der Waals surface area (Å²) in [5, 5.41) is 0. The van der Waals surface area contributed by atoms with Crippen LogP contribution in [0.2, 0.25) is 0 Å². The summed E-state index contributed by atoms with van der Waals surface area (Å²) in [6.45, 7) is 3.76. The molecule has 6 nitrogen and oxygen atoms in total. The molecular weight excluding hydrogens is 221 g/mol. The molecule has 0 saturated carbocycles. The van der Waals surface area contributed by atoms with Crippen molar-refractivity contribution in [3.8, 4) is 0 Å². The van der Waals surface area contributed by atoms with Crippen LogP contribution in [-0.2, 0) is 19.1 Å². The Labute approximate surface area is 89.1 Å². The molecule has 0 aromatic carbocycles. The number of carbonyl (C=O) groups is 1. The zero-order chi connectivity index (χ0) is 12.1. The second kappa shape index (κ2) is 6.23. The Morgan fingerprint density at radius 3 is 2.47 bits per heavy atom. The van der Waals surface area contributed by atoms with Gasteiger partial charge in [-0.1, -0.05) is 13.8 Å². The average Bonchev–Trinajstić information content (AvgIpc) is 2.01. The highest BCUT2D eigenvalue weighted by atomic mass is 31.2. The van der Waals surface area contributed by atoms with E-state index in [-0.39, 0.29) is 5.92 Å². The normalized spacial score (nSPS) is 17.2. The lowest BCUT2D eigenvalue weighted by atomic mass is 10.1. The number of nitrogens with two attached hydrogens (primary N) is 1. The third kappa shape index (κ3) is 5.89. The van der Waals surface area contributed by atoms with Crippen LogP contribution >= 0.6 is 7.37 Å². The van der Waals surface area contributed by atoms with Gasteiger partial charge in [0.15, 0.2) is 0 Å². The van der Waals surface area contributed by atoms with E-state index in [1.165, 1.54) is 0 Å². The SMILES string of the molecule is COOC(=O)CP(=O)(O)[C@@H](N)CC(C)C. The highest BCUT2D eigenvalue weighted by molar-refractivity contribution is 7.59. The van der Waals surface area contributed by atoms with Crippen LogP contribution in [0.1, 0.15) is 20.3 Å². The second-order valence-corrected chi connectivity index (χ2v) is 6.22. The number of hydrogen-bond donors (Lipinski definition) is 2. The van der Waals surface area contributed by atoms with Crippen molar-refractivity contribution in [2.75, 3.05) is 13.3 Å². The van der Waals surface area contributed by atoms with Crippen molar-refractivity contribution < 1.29 is 24.0 Å². The first-order valence-corrected chi connectivity index (χ1v) is 6.51. The summed E-state index contributed by atoms with van der Waals surface area (Å²) in [5.41, 5.74) is 5.54. The molecule has 0 aromatic rings. The molecule has 0 aliphatic carbocycles. The van der Waals surface area contributed by atoms with E-state index >= 15 is 0 Å². The Balaban J connectivity index is 4.28. The summed E-state index contributed by atoms with van der Waals surface area (Å²) in [7, 11) is -2.55. The van der Waals surface area contributed by atoms with Gasteiger partial charge in [-0.05, 0) is 12.3 Å². The smallest absolute Gasteiger partial charge is 0.343 e. The van der Waals surface area contributed by atoms with Gasteiger partial charge in [-0.15, -0.1) is 0 Å².